The summed E-state index contributed by atoms with van der Waals surface area (Å²) in [5.41, 5.74) is -0.0165. The maximum absolute atomic E-state index is 5.96. The van der Waals surface area contributed by atoms with E-state index >= 15 is 0 Å². The van der Waals surface area contributed by atoms with Crippen molar-refractivity contribution in [3.8, 4) is 0 Å². The van der Waals surface area contributed by atoms with Gasteiger partial charge in [-0.3, -0.25) is 4.90 Å². The Hall–Kier alpha value is -0.120. The van der Waals surface area contributed by atoms with Gasteiger partial charge in [-0.1, -0.05) is 6.92 Å². The van der Waals surface area contributed by atoms with Crippen molar-refractivity contribution in [3.63, 3.8) is 0 Å². The number of hydrogen-bond donors (Lipinski definition) is 0. The zero-order valence-electron chi connectivity index (χ0n) is 12.4. The van der Waals surface area contributed by atoms with E-state index in [2.05, 4.69) is 32.6 Å². The number of ether oxygens (including phenoxy) is 2. The maximum Gasteiger partial charge on any atom is 0.0622 e. The molecule has 2 fully saturated rings. The molecule has 3 heteroatoms. The van der Waals surface area contributed by atoms with Gasteiger partial charge in [-0.05, 0) is 46.0 Å². The SMILES string of the molecule is CCC(COC(C)(C)C)CN1C2CCC1COC2. The van der Waals surface area contributed by atoms with Crippen LogP contribution in [0.3, 0.4) is 0 Å². The van der Waals surface area contributed by atoms with Crippen LogP contribution in [-0.2, 0) is 9.47 Å². The molecule has 18 heavy (non-hydrogen) atoms. The van der Waals surface area contributed by atoms with E-state index < -0.39 is 0 Å². The molecule has 3 nitrogen and oxygen atoms in total. The predicted molar refractivity (Wildman–Crippen MR) is 73.8 cm³/mol. The van der Waals surface area contributed by atoms with Crippen molar-refractivity contribution < 1.29 is 9.47 Å². The molecule has 0 amide bonds. The van der Waals surface area contributed by atoms with E-state index in [0.29, 0.717) is 18.0 Å². The van der Waals surface area contributed by atoms with Crippen LogP contribution in [0.25, 0.3) is 0 Å². The lowest BCUT2D eigenvalue weighted by atomic mass is 10.0. The van der Waals surface area contributed by atoms with Crippen LogP contribution in [0.4, 0.5) is 0 Å². The van der Waals surface area contributed by atoms with E-state index in [4.69, 9.17) is 9.47 Å². The number of morpholine rings is 1. The smallest absolute Gasteiger partial charge is 0.0622 e. The Morgan fingerprint density at radius 3 is 2.33 bits per heavy atom. The molecule has 0 aromatic rings. The molecule has 2 aliphatic heterocycles. The van der Waals surface area contributed by atoms with Gasteiger partial charge in [0.15, 0.2) is 0 Å². The first-order valence-corrected chi connectivity index (χ1v) is 7.47. The predicted octanol–water partition coefficient (Wildman–Crippen LogP) is 2.69. The standard InChI is InChI=1S/C15H29NO2/c1-5-12(9-18-15(2,3)4)8-16-13-6-7-14(16)11-17-10-13/h12-14H,5-11H2,1-4H3. The van der Waals surface area contributed by atoms with E-state index in [-0.39, 0.29) is 5.60 Å². The largest absolute Gasteiger partial charge is 0.378 e. The fourth-order valence-electron chi connectivity index (χ4n) is 2.98. The molecular formula is C15H29NO2. The van der Waals surface area contributed by atoms with Crippen molar-refractivity contribution >= 4 is 0 Å². The van der Waals surface area contributed by atoms with Gasteiger partial charge < -0.3 is 9.47 Å². The minimum absolute atomic E-state index is 0.0165. The third-order valence-corrected chi connectivity index (χ3v) is 4.19. The van der Waals surface area contributed by atoms with Crippen molar-refractivity contribution in [2.75, 3.05) is 26.4 Å². The van der Waals surface area contributed by atoms with Crippen LogP contribution in [0.5, 0.6) is 0 Å². The normalized spacial score (nSPS) is 30.7. The molecule has 0 radical (unpaired) electrons. The summed E-state index contributed by atoms with van der Waals surface area (Å²) >= 11 is 0. The summed E-state index contributed by atoms with van der Waals surface area (Å²) in [6, 6.07) is 1.35. The zero-order valence-corrected chi connectivity index (χ0v) is 12.4. The molecule has 2 aliphatic rings. The maximum atomic E-state index is 5.96. The molecule has 106 valence electrons. The highest BCUT2D eigenvalue weighted by Crippen LogP contribution is 2.30. The van der Waals surface area contributed by atoms with Crippen molar-refractivity contribution in [2.24, 2.45) is 5.92 Å². The summed E-state index contributed by atoms with van der Waals surface area (Å²) < 4.78 is 11.6. The van der Waals surface area contributed by atoms with Gasteiger partial charge in [0.1, 0.15) is 0 Å². The number of hydrogen-bond acceptors (Lipinski definition) is 3. The summed E-state index contributed by atoms with van der Waals surface area (Å²) in [5.74, 6) is 0.658. The second kappa shape index (κ2) is 5.89. The second-order valence-electron chi connectivity index (χ2n) is 6.82. The van der Waals surface area contributed by atoms with Crippen LogP contribution < -0.4 is 0 Å². The number of fused-ring (bicyclic) bond motifs is 2. The topological polar surface area (TPSA) is 21.7 Å². The van der Waals surface area contributed by atoms with Crippen LogP contribution >= 0.6 is 0 Å². The van der Waals surface area contributed by atoms with Gasteiger partial charge in [0.25, 0.3) is 0 Å². The van der Waals surface area contributed by atoms with E-state index in [9.17, 15) is 0 Å². The fourth-order valence-corrected chi connectivity index (χ4v) is 2.98. The first-order valence-electron chi connectivity index (χ1n) is 7.47. The Morgan fingerprint density at radius 2 is 1.83 bits per heavy atom. The molecule has 2 saturated heterocycles. The number of rotatable bonds is 5. The fraction of sp³-hybridized carbons (Fsp3) is 1.00. The first-order chi connectivity index (χ1) is 8.49. The van der Waals surface area contributed by atoms with Crippen LogP contribution in [0, 0.1) is 5.92 Å². The molecule has 2 rings (SSSR count). The Bertz CT molecular complexity index is 246. The highest BCUT2D eigenvalue weighted by atomic mass is 16.5. The van der Waals surface area contributed by atoms with Crippen LogP contribution in [0.2, 0.25) is 0 Å². The van der Waals surface area contributed by atoms with Gasteiger partial charge in [0.05, 0.1) is 25.4 Å². The Kier molecular flexibility index (Phi) is 4.68. The van der Waals surface area contributed by atoms with E-state index in [1.165, 1.54) is 25.8 Å². The van der Waals surface area contributed by atoms with E-state index in [1.807, 2.05) is 0 Å². The van der Waals surface area contributed by atoms with Crippen LogP contribution in [-0.4, -0.2) is 49.0 Å². The Labute approximate surface area is 112 Å². The van der Waals surface area contributed by atoms with Crippen molar-refractivity contribution in [3.05, 3.63) is 0 Å². The average molecular weight is 255 g/mol. The molecule has 2 bridgehead atoms. The Morgan fingerprint density at radius 1 is 1.22 bits per heavy atom. The van der Waals surface area contributed by atoms with Crippen molar-refractivity contribution in [1.82, 2.24) is 4.90 Å². The zero-order chi connectivity index (χ0) is 13.2. The highest BCUT2D eigenvalue weighted by molar-refractivity contribution is 4.91. The first kappa shape index (κ1) is 14.3. The van der Waals surface area contributed by atoms with Crippen LogP contribution in [0.1, 0.15) is 47.0 Å². The quantitative estimate of drug-likeness (QED) is 0.754. The average Bonchev–Trinajstić information content (AvgIpc) is 2.53. The third kappa shape index (κ3) is 3.69. The molecule has 0 saturated carbocycles. The monoisotopic (exact) mass is 255 g/mol. The summed E-state index contributed by atoms with van der Waals surface area (Å²) in [5, 5.41) is 0. The van der Waals surface area contributed by atoms with Gasteiger partial charge in [0, 0.05) is 18.6 Å². The summed E-state index contributed by atoms with van der Waals surface area (Å²) in [6.07, 6.45) is 3.84. The van der Waals surface area contributed by atoms with Gasteiger partial charge in [-0.15, -0.1) is 0 Å². The Balaban J connectivity index is 1.83. The molecule has 2 heterocycles. The summed E-state index contributed by atoms with van der Waals surface area (Å²) in [4.78, 5) is 2.68. The molecule has 3 unspecified atom stereocenters. The number of nitrogens with zero attached hydrogens (tertiary/aromatic N) is 1. The van der Waals surface area contributed by atoms with Gasteiger partial charge >= 0.3 is 0 Å². The molecule has 3 atom stereocenters. The minimum Gasteiger partial charge on any atom is -0.378 e. The second-order valence-corrected chi connectivity index (χ2v) is 6.82. The van der Waals surface area contributed by atoms with Crippen molar-refractivity contribution in [2.45, 2.75) is 64.6 Å². The lowest BCUT2D eigenvalue weighted by Crippen LogP contribution is -2.48. The van der Waals surface area contributed by atoms with Crippen LogP contribution in [0.15, 0.2) is 0 Å². The van der Waals surface area contributed by atoms with E-state index in [0.717, 1.165) is 19.8 Å². The minimum atomic E-state index is -0.0165. The molecule has 0 aromatic heterocycles. The van der Waals surface area contributed by atoms with Crippen molar-refractivity contribution in [1.29, 1.82) is 0 Å². The molecule has 0 spiro atoms. The lowest BCUT2D eigenvalue weighted by Gasteiger charge is -2.37. The summed E-state index contributed by atoms with van der Waals surface area (Å²) in [7, 11) is 0. The lowest BCUT2D eigenvalue weighted by molar-refractivity contribution is -0.0518. The molecule has 0 N–H and O–H groups in total. The third-order valence-electron chi connectivity index (χ3n) is 4.19. The molecule has 0 aliphatic carbocycles. The van der Waals surface area contributed by atoms with E-state index in [1.54, 1.807) is 0 Å². The molecular weight excluding hydrogens is 226 g/mol. The molecule has 0 aromatic carbocycles. The highest BCUT2D eigenvalue weighted by Gasteiger charge is 2.38. The van der Waals surface area contributed by atoms with Gasteiger partial charge in [-0.2, -0.15) is 0 Å². The summed E-state index contributed by atoms with van der Waals surface area (Å²) in [6.45, 7) is 12.6. The van der Waals surface area contributed by atoms with Gasteiger partial charge in [0.2, 0.25) is 0 Å². The van der Waals surface area contributed by atoms with Gasteiger partial charge in [-0.25, -0.2) is 0 Å².